The molecule has 0 saturated carbocycles. The molecular formula is C19H16ClN5. The van der Waals surface area contributed by atoms with E-state index in [0.29, 0.717) is 5.15 Å². The maximum atomic E-state index is 6.22. The van der Waals surface area contributed by atoms with Crippen molar-refractivity contribution in [3.8, 4) is 11.1 Å². The summed E-state index contributed by atoms with van der Waals surface area (Å²) in [5, 5.41) is 4.84. The van der Waals surface area contributed by atoms with Crippen molar-refractivity contribution in [2.45, 2.75) is 6.42 Å². The summed E-state index contributed by atoms with van der Waals surface area (Å²) in [6.45, 7) is 0.735. The number of aromatic amines is 1. The van der Waals surface area contributed by atoms with Gasteiger partial charge in [-0.25, -0.2) is 9.97 Å². The molecule has 0 radical (unpaired) electrons. The van der Waals surface area contributed by atoms with Crippen LogP contribution >= 0.6 is 11.6 Å². The molecule has 0 fully saturated rings. The van der Waals surface area contributed by atoms with Crippen molar-refractivity contribution in [2.24, 2.45) is 0 Å². The number of aromatic nitrogens is 4. The van der Waals surface area contributed by atoms with Crippen LogP contribution in [-0.4, -0.2) is 26.5 Å². The SMILES string of the molecule is Clc1cc(-c2c[nH]c3ncccc23)cc(NCCc2ccccn2)n1. The third-order valence-corrected chi connectivity index (χ3v) is 4.16. The lowest BCUT2D eigenvalue weighted by atomic mass is 10.1. The van der Waals surface area contributed by atoms with Crippen molar-refractivity contribution in [1.82, 2.24) is 19.9 Å². The van der Waals surface area contributed by atoms with Crippen LogP contribution in [0.25, 0.3) is 22.2 Å². The average molecular weight is 350 g/mol. The maximum Gasteiger partial charge on any atom is 0.137 e. The molecule has 0 amide bonds. The van der Waals surface area contributed by atoms with Crippen LogP contribution in [0.3, 0.4) is 0 Å². The van der Waals surface area contributed by atoms with Gasteiger partial charge in [0.2, 0.25) is 0 Å². The molecule has 0 bridgehead atoms. The molecule has 4 aromatic rings. The molecular weight excluding hydrogens is 334 g/mol. The summed E-state index contributed by atoms with van der Waals surface area (Å²) >= 11 is 6.22. The van der Waals surface area contributed by atoms with Crippen molar-refractivity contribution in [3.63, 3.8) is 0 Å². The topological polar surface area (TPSA) is 66.5 Å². The molecule has 0 saturated heterocycles. The van der Waals surface area contributed by atoms with E-state index in [1.807, 2.05) is 48.7 Å². The molecule has 0 aliphatic rings. The molecule has 0 aliphatic carbocycles. The van der Waals surface area contributed by atoms with Gasteiger partial charge in [-0.3, -0.25) is 4.98 Å². The van der Waals surface area contributed by atoms with Crippen LogP contribution in [0, 0.1) is 0 Å². The van der Waals surface area contributed by atoms with Crippen LogP contribution in [-0.2, 0) is 6.42 Å². The zero-order chi connectivity index (χ0) is 17.1. The molecule has 2 N–H and O–H groups in total. The van der Waals surface area contributed by atoms with Crippen molar-refractivity contribution in [2.75, 3.05) is 11.9 Å². The Bertz CT molecular complexity index is 997. The zero-order valence-electron chi connectivity index (χ0n) is 13.4. The number of hydrogen-bond donors (Lipinski definition) is 2. The fraction of sp³-hybridized carbons (Fsp3) is 0.105. The second-order valence-electron chi connectivity index (χ2n) is 5.66. The van der Waals surface area contributed by atoms with Crippen molar-refractivity contribution < 1.29 is 0 Å². The number of H-pyrrole nitrogens is 1. The Morgan fingerprint density at radius 3 is 2.84 bits per heavy atom. The molecule has 0 aromatic carbocycles. The first kappa shape index (κ1) is 15.6. The predicted octanol–water partition coefficient (Wildman–Crippen LogP) is 4.33. The normalized spacial score (nSPS) is 10.9. The second-order valence-corrected chi connectivity index (χ2v) is 6.05. The highest BCUT2D eigenvalue weighted by Crippen LogP contribution is 2.30. The first-order valence-electron chi connectivity index (χ1n) is 8.03. The van der Waals surface area contributed by atoms with Gasteiger partial charge < -0.3 is 10.3 Å². The van der Waals surface area contributed by atoms with Gasteiger partial charge in [0.25, 0.3) is 0 Å². The Kier molecular flexibility index (Phi) is 4.31. The predicted molar refractivity (Wildman–Crippen MR) is 101 cm³/mol. The van der Waals surface area contributed by atoms with Gasteiger partial charge >= 0.3 is 0 Å². The van der Waals surface area contributed by atoms with Gasteiger partial charge in [0.15, 0.2) is 0 Å². The second kappa shape index (κ2) is 6.91. The van der Waals surface area contributed by atoms with Crippen LogP contribution < -0.4 is 5.32 Å². The third-order valence-electron chi connectivity index (χ3n) is 3.97. The van der Waals surface area contributed by atoms with Crippen LogP contribution in [0.15, 0.2) is 61.1 Å². The Labute approximate surface area is 150 Å². The number of nitrogens with zero attached hydrogens (tertiary/aromatic N) is 3. The Morgan fingerprint density at radius 1 is 1.04 bits per heavy atom. The van der Waals surface area contributed by atoms with Crippen LogP contribution in [0.2, 0.25) is 5.15 Å². The van der Waals surface area contributed by atoms with E-state index in [0.717, 1.165) is 46.6 Å². The molecule has 25 heavy (non-hydrogen) atoms. The molecule has 4 aromatic heterocycles. The Morgan fingerprint density at radius 2 is 1.96 bits per heavy atom. The first-order valence-corrected chi connectivity index (χ1v) is 8.41. The van der Waals surface area contributed by atoms with Crippen molar-refractivity contribution in [3.05, 3.63) is 71.9 Å². The van der Waals surface area contributed by atoms with Crippen molar-refractivity contribution >= 4 is 28.5 Å². The minimum Gasteiger partial charge on any atom is -0.370 e. The molecule has 4 rings (SSSR count). The van der Waals surface area contributed by atoms with E-state index in [9.17, 15) is 0 Å². The van der Waals surface area contributed by atoms with Crippen LogP contribution in [0.4, 0.5) is 5.82 Å². The third kappa shape index (κ3) is 3.46. The lowest BCUT2D eigenvalue weighted by Crippen LogP contribution is -2.07. The molecule has 124 valence electrons. The minimum absolute atomic E-state index is 0.455. The average Bonchev–Trinajstić information content (AvgIpc) is 3.06. The smallest absolute Gasteiger partial charge is 0.137 e. The number of pyridine rings is 3. The number of fused-ring (bicyclic) bond motifs is 1. The van der Waals surface area contributed by atoms with Gasteiger partial charge in [0, 0.05) is 48.2 Å². The van der Waals surface area contributed by atoms with Crippen molar-refractivity contribution in [1.29, 1.82) is 0 Å². The highest BCUT2D eigenvalue weighted by atomic mass is 35.5. The quantitative estimate of drug-likeness (QED) is 0.526. The summed E-state index contributed by atoms with van der Waals surface area (Å²) < 4.78 is 0. The number of anilines is 1. The lowest BCUT2D eigenvalue weighted by Gasteiger charge is -2.08. The van der Waals surface area contributed by atoms with E-state index in [1.54, 1.807) is 12.4 Å². The highest BCUT2D eigenvalue weighted by Gasteiger charge is 2.09. The van der Waals surface area contributed by atoms with Gasteiger partial charge in [-0.15, -0.1) is 0 Å². The fourth-order valence-corrected chi connectivity index (χ4v) is 3.01. The standard InChI is InChI=1S/C19H16ClN5/c20-17-10-13(16-12-24-19-15(16)5-3-8-23-19)11-18(25-17)22-9-6-14-4-1-2-7-21-14/h1-5,7-8,10-12H,6,9H2,(H,22,25)(H,23,24). The fourth-order valence-electron chi connectivity index (χ4n) is 2.80. The summed E-state index contributed by atoms with van der Waals surface area (Å²) in [6.07, 6.45) is 6.34. The Balaban J connectivity index is 1.56. The summed E-state index contributed by atoms with van der Waals surface area (Å²) in [7, 11) is 0. The zero-order valence-corrected chi connectivity index (χ0v) is 14.2. The number of halogens is 1. The number of hydrogen-bond acceptors (Lipinski definition) is 4. The highest BCUT2D eigenvalue weighted by molar-refractivity contribution is 6.29. The number of nitrogens with one attached hydrogen (secondary N) is 2. The maximum absolute atomic E-state index is 6.22. The van der Waals surface area contributed by atoms with E-state index in [1.165, 1.54) is 0 Å². The monoisotopic (exact) mass is 349 g/mol. The Hall–Kier alpha value is -2.92. The summed E-state index contributed by atoms with van der Waals surface area (Å²) in [4.78, 5) is 16.2. The molecule has 5 nitrogen and oxygen atoms in total. The molecule has 0 spiro atoms. The van der Waals surface area contributed by atoms with E-state index in [-0.39, 0.29) is 0 Å². The van der Waals surface area contributed by atoms with Gasteiger partial charge in [0.05, 0.1) is 0 Å². The van der Waals surface area contributed by atoms with Gasteiger partial charge in [-0.2, -0.15) is 0 Å². The largest absolute Gasteiger partial charge is 0.370 e. The van der Waals surface area contributed by atoms with E-state index in [4.69, 9.17) is 11.6 Å². The molecule has 4 heterocycles. The lowest BCUT2D eigenvalue weighted by molar-refractivity contribution is 0.954. The van der Waals surface area contributed by atoms with E-state index in [2.05, 4.69) is 25.3 Å². The molecule has 0 unspecified atom stereocenters. The summed E-state index contributed by atoms with van der Waals surface area (Å²) in [6, 6.07) is 13.7. The molecule has 6 heteroatoms. The van der Waals surface area contributed by atoms with Crippen LogP contribution in [0.1, 0.15) is 5.69 Å². The minimum atomic E-state index is 0.455. The number of rotatable bonds is 5. The van der Waals surface area contributed by atoms with Gasteiger partial charge in [0.1, 0.15) is 16.6 Å². The van der Waals surface area contributed by atoms with E-state index < -0.39 is 0 Å². The van der Waals surface area contributed by atoms with Crippen LogP contribution in [0.5, 0.6) is 0 Å². The van der Waals surface area contributed by atoms with E-state index >= 15 is 0 Å². The molecule has 0 aliphatic heterocycles. The van der Waals surface area contributed by atoms with Gasteiger partial charge in [-0.1, -0.05) is 17.7 Å². The molecule has 0 atom stereocenters. The van der Waals surface area contributed by atoms with Gasteiger partial charge in [-0.05, 0) is 42.0 Å². The summed E-state index contributed by atoms with van der Waals surface area (Å²) in [5.74, 6) is 0.747. The summed E-state index contributed by atoms with van der Waals surface area (Å²) in [5.41, 5.74) is 3.95. The first-order chi connectivity index (χ1) is 12.3.